The van der Waals surface area contributed by atoms with E-state index in [9.17, 15) is 14.4 Å². The Balaban J connectivity index is 2.34. The molecule has 18 heavy (non-hydrogen) atoms. The highest BCUT2D eigenvalue weighted by molar-refractivity contribution is 5.94. The Hall–Kier alpha value is -1.63. The van der Waals surface area contributed by atoms with Crippen LogP contribution in [0.4, 0.5) is 0 Å². The minimum Gasteiger partial charge on any atom is -0.352 e. The second-order valence-corrected chi connectivity index (χ2v) is 4.57. The Bertz CT molecular complexity index is 384. The number of carbonyl (C=O) groups is 3. The number of rotatable bonds is 1. The summed E-state index contributed by atoms with van der Waals surface area (Å²) in [6.07, 6.45) is 1.32. The van der Waals surface area contributed by atoms with Gasteiger partial charge in [0.1, 0.15) is 12.1 Å². The van der Waals surface area contributed by atoms with Gasteiger partial charge in [0, 0.05) is 20.0 Å². The molecule has 2 rings (SSSR count). The molecule has 7 heteroatoms. The molecular weight excluding hydrogens is 236 g/mol. The molecule has 0 bridgehead atoms. The molecule has 2 aliphatic rings. The van der Waals surface area contributed by atoms with Gasteiger partial charge in [0.2, 0.25) is 11.8 Å². The number of hydrazine groups is 1. The Labute approximate surface area is 105 Å². The minimum atomic E-state index is -0.562. The first-order chi connectivity index (χ1) is 8.56. The molecule has 2 fully saturated rings. The average Bonchev–Trinajstić information content (AvgIpc) is 2.48. The van der Waals surface area contributed by atoms with E-state index in [0.717, 1.165) is 6.42 Å². The number of nitrogens with zero attached hydrogens (tertiary/aromatic N) is 2. The molecule has 2 atom stereocenters. The summed E-state index contributed by atoms with van der Waals surface area (Å²) in [5.41, 5.74) is 0. The van der Waals surface area contributed by atoms with E-state index >= 15 is 0 Å². The third kappa shape index (κ3) is 2.05. The molecule has 0 unspecified atom stereocenters. The third-order valence-electron chi connectivity index (χ3n) is 3.42. The maximum atomic E-state index is 12.3. The van der Waals surface area contributed by atoms with Gasteiger partial charge in [-0.2, -0.15) is 0 Å². The van der Waals surface area contributed by atoms with Gasteiger partial charge in [-0.25, -0.2) is 5.01 Å². The van der Waals surface area contributed by atoms with Crippen LogP contribution in [0.25, 0.3) is 0 Å². The van der Waals surface area contributed by atoms with Gasteiger partial charge >= 0.3 is 0 Å². The van der Waals surface area contributed by atoms with Crippen molar-refractivity contribution < 1.29 is 14.4 Å². The molecular formula is C11H18N4O3. The van der Waals surface area contributed by atoms with Crippen LogP contribution in [0, 0.1) is 0 Å². The summed E-state index contributed by atoms with van der Waals surface area (Å²) < 4.78 is 0. The largest absolute Gasteiger partial charge is 0.352 e. The third-order valence-corrected chi connectivity index (χ3v) is 3.42. The summed E-state index contributed by atoms with van der Waals surface area (Å²) in [5, 5.41) is 8.30. The van der Waals surface area contributed by atoms with Crippen LogP contribution in [0.1, 0.15) is 19.8 Å². The molecule has 2 saturated heterocycles. The van der Waals surface area contributed by atoms with Gasteiger partial charge in [0.25, 0.3) is 5.91 Å². The van der Waals surface area contributed by atoms with Crippen LogP contribution in [-0.2, 0) is 14.4 Å². The normalized spacial score (nSPS) is 28.6. The van der Waals surface area contributed by atoms with Gasteiger partial charge < -0.3 is 10.6 Å². The summed E-state index contributed by atoms with van der Waals surface area (Å²) in [7, 11) is 1.66. The topological polar surface area (TPSA) is 81.8 Å². The first-order valence-corrected chi connectivity index (χ1v) is 6.12. The van der Waals surface area contributed by atoms with Crippen LogP contribution in [0.5, 0.6) is 0 Å². The van der Waals surface area contributed by atoms with Crippen molar-refractivity contribution >= 4 is 17.7 Å². The number of amides is 3. The van der Waals surface area contributed by atoms with E-state index < -0.39 is 12.1 Å². The first-order valence-electron chi connectivity index (χ1n) is 6.12. The Kier molecular flexibility index (Phi) is 3.51. The summed E-state index contributed by atoms with van der Waals surface area (Å²) in [4.78, 5) is 35.9. The molecule has 7 nitrogen and oxygen atoms in total. The standard InChI is InChI=1S/C11H18N4O3/c1-7(16)14-5-3-4-9-10(17)13-6-8(12-2)11(18)15(9)14/h8-9,12H,3-6H2,1-2H3,(H,13,17)/t8-,9+/m0/s1. The highest BCUT2D eigenvalue weighted by Crippen LogP contribution is 2.21. The smallest absolute Gasteiger partial charge is 0.260 e. The van der Waals surface area contributed by atoms with Gasteiger partial charge in [-0.05, 0) is 19.9 Å². The van der Waals surface area contributed by atoms with Crippen molar-refractivity contribution in [3.05, 3.63) is 0 Å². The van der Waals surface area contributed by atoms with Crippen LogP contribution in [0.2, 0.25) is 0 Å². The predicted molar refractivity (Wildman–Crippen MR) is 63.1 cm³/mol. The highest BCUT2D eigenvalue weighted by atomic mass is 16.2. The second kappa shape index (κ2) is 4.93. The molecule has 0 aromatic heterocycles. The van der Waals surface area contributed by atoms with Crippen molar-refractivity contribution in [2.75, 3.05) is 20.1 Å². The van der Waals surface area contributed by atoms with Gasteiger partial charge in [-0.15, -0.1) is 0 Å². The van der Waals surface area contributed by atoms with Crippen molar-refractivity contribution in [3.8, 4) is 0 Å². The van der Waals surface area contributed by atoms with E-state index in [4.69, 9.17) is 0 Å². The van der Waals surface area contributed by atoms with Crippen molar-refractivity contribution in [1.29, 1.82) is 0 Å². The molecule has 0 spiro atoms. The molecule has 0 saturated carbocycles. The zero-order valence-corrected chi connectivity index (χ0v) is 10.6. The van der Waals surface area contributed by atoms with E-state index in [1.807, 2.05) is 0 Å². The number of hydrogen-bond acceptors (Lipinski definition) is 4. The van der Waals surface area contributed by atoms with Gasteiger partial charge in [0.15, 0.2) is 0 Å². The van der Waals surface area contributed by atoms with Gasteiger partial charge in [-0.3, -0.25) is 19.4 Å². The minimum absolute atomic E-state index is 0.188. The maximum Gasteiger partial charge on any atom is 0.260 e. The summed E-state index contributed by atoms with van der Waals surface area (Å²) in [6.45, 7) is 2.15. The number of likely N-dealkylation sites (N-methyl/N-ethyl adjacent to an activating group) is 1. The van der Waals surface area contributed by atoms with Gasteiger partial charge in [0.05, 0.1) is 0 Å². The fraction of sp³-hybridized carbons (Fsp3) is 0.727. The molecule has 3 amide bonds. The fourth-order valence-corrected chi connectivity index (χ4v) is 2.45. The lowest BCUT2D eigenvalue weighted by molar-refractivity contribution is -0.175. The van der Waals surface area contributed by atoms with Crippen LogP contribution in [-0.4, -0.2) is 60.0 Å². The van der Waals surface area contributed by atoms with Crippen LogP contribution < -0.4 is 10.6 Å². The van der Waals surface area contributed by atoms with Crippen molar-refractivity contribution in [2.24, 2.45) is 0 Å². The van der Waals surface area contributed by atoms with E-state index in [1.165, 1.54) is 16.9 Å². The molecule has 100 valence electrons. The molecule has 0 aliphatic carbocycles. The Morgan fingerprint density at radius 1 is 1.44 bits per heavy atom. The number of nitrogens with one attached hydrogen (secondary N) is 2. The zero-order chi connectivity index (χ0) is 13.3. The van der Waals surface area contributed by atoms with E-state index in [0.29, 0.717) is 13.0 Å². The highest BCUT2D eigenvalue weighted by Gasteiger charge is 2.43. The lowest BCUT2D eigenvalue weighted by Crippen LogP contribution is -2.61. The quantitative estimate of drug-likeness (QED) is 0.594. The van der Waals surface area contributed by atoms with Crippen molar-refractivity contribution in [2.45, 2.75) is 31.8 Å². The first kappa shape index (κ1) is 12.8. The zero-order valence-electron chi connectivity index (χ0n) is 10.6. The van der Waals surface area contributed by atoms with E-state index in [2.05, 4.69) is 10.6 Å². The molecule has 2 heterocycles. The number of carbonyl (C=O) groups excluding carboxylic acids is 3. The predicted octanol–water partition coefficient (Wildman–Crippen LogP) is -1.54. The molecule has 2 aliphatic heterocycles. The molecule has 2 N–H and O–H groups in total. The number of fused-ring (bicyclic) bond motifs is 1. The maximum absolute atomic E-state index is 12.3. The van der Waals surface area contributed by atoms with Crippen LogP contribution in [0.3, 0.4) is 0 Å². The summed E-state index contributed by atoms with van der Waals surface area (Å²) in [5.74, 6) is -0.625. The Morgan fingerprint density at radius 2 is 2.17 bits per heavy atom. The average molecular weight is 254 g/mol. The second-order valence-electron chi connectivity index (χ2n) is 4.57. The molecule has 0 aromatic rings. The molecule has 0 aromatic carbocycles. The monoisotopic (exact) mass is 254 g/mol. The van der Waals surface area contributed by atoms with Crippen molar-refractivity contribution in [1.82, 2.24) is 20.7 Å². The summed E-state index contributed by atoms with van der Waals surface area (Å²) >= 11 is 0. The Morgan fingerprint density at radius 3 is 2.78 bits per heavy atom. The lowest BCUT2D eigenvalue weighted by atomic mass is 10.1. The van der Waals surface area contributed by atoms with Crippen LogP contribution >= 0.6 is 0 Å². The fourth-order valence-electron chi connectivity index (χ4n) is 2.45. The van der Waals surface area contributed by atoms with Crippen molar-refractivity contribution in [3.63, 3.8) is 0 Å². The lowest BCUT2D eigenvalue weighted by Gasteiger charge is -2.42. The molecule has 0 radical (unpaired) electrons. The van der Waals surface area contributed by atoms with E-state index in [-0.39, 0.29) is 24.3 Å². The SMILES string of the molecule is CN[C@H]1CNC(=O)[C@H]2CCCN(C(C)=O)N2C1=O. The number of hydrogen-bond donors (Lipinski definition) is 2. The van der Waals surface area contributed by atoms with E-state index in [1.54, 1.807) is 7.05 Å². The van der Waals surface area contributed by atoms with Gasteiger partial charge in [-0.1, -0.05) is 0 Å². The summed E-state index contributed by atoms with van der Waals surface area (Å²) in [6, 6.07) is -1.05. The van der Waals surface area contributed by atoms with Crippen LogP contribution in [0.15, 0.2) is 0 Å².